The van der Waals surface area contributed by atoms with Gasteiger partial charge in [-0.2, -0.15) is 8.78 Å². The molecule has 0 spiro atoms. The van der Waals surface area contributed by atoms with Crippen molar-refractivity contribution in [1.82, 2.24) is 4.72 Å². The minimum absolute atomic E-state index is 0.0687. The molecule has 2 rings (SSSR count). The summed E-state index contributed by atoms with van der Waals surface area (Å²) in [5.74, 6) is -0.301. The SMILES string of the molecule is CC1CCCCC1(CN)NS(=O)(=O)c1ccccc1OC(F)F. The van der Waals surface area contributed by atoms with Crippen LogP contribution < -0.4 is 15.2 Å². The third-order valence-electron chi connectivity index (χ3n) is 4.51. The minimum atomic E-state index is -4.03. The molecule has 0 aromatic heterocycles. The van der Waals surface area contributed by atoms with Gasteiger partial charge in [-0.25, -0.2) is 13.1 Å². The number of rotatable bonds is 6. The fraction of sp³-hybridized carbons (Fsp3) is 0.600. The Kier molecular flexibility index (Phi) is 5.59. The van der Waals surface area contributed by atoms with E-state index >= 15 is 0 Å². The van der Waals surface area contributed by atoms with E-state index in [9.17, 15) is 17.2 Å². The molecule has 1 saturated carbocycles. The summed E-state index contributed by atoms with van der Waals surface area (Å²) in [5, 5.41) is 0. The highest BCUT2D eigenvalue weighted by molar-refractivity contribution is 7.89. The van der Waals surface area contributed by atoms with Crippen molar-refractivity contribution in [3.63, 3.8) is 0 Å². The molecule has 1 aromatic carbocycles. The summed E-state index contributed by atoms with van der Waals surface area (Å²) < 4.78 is 57.4. The number of nitrogens with two attached hydrogens (primary N) is 1. The number of halogens is 2. The fourth-order valence-corrected chi connectivity index (χ4v) is 4.77. The average Bonchev–Trinajstić information content (AvgIpc) is 2.49. The van der Waals surface area contributed by atoms with Gasteiger partial charge >= 0.3 is 6.61 Å². The van der Waals surface area contributed by atoms with Gasteiger partial charge in [-0.05, 0) is 30.9 Å². The van der Waals surface area contributed by atoms with Crippen molar-refractivity contribution >= 4 is 10.0 Å². The van der Waals surface area contributed by atoms with Crippen molar-refractivity contribution in [3.05, 3.63) is 24.3 Å². The summed E-state index contributed by atoms with van der Waals surface area (Å²) in [6, 6.07) is 5.36. The normalized spacial score (nSPS) is 25.5. The fourth-order valence-electron chi connectivity index (χ4n) is 3.10. The Hall–Kier alpha value is -1.25. The lowest BCUT2D eigenvalue weighted by Gasteiger charge is -2.42. The molecular formula is C15H22F2N2O3S. The molecule has 1 aromatic rings. The van der Waals surface area contributed by atoms with E-state index in [4.69, 9.17) is 5.73 Å². The number of hydrogen-bond donors (Lipinski definition) is 2. The number of para-hydroxylation sites is 1. The van der Waals surface area contributed by atoms with Gasteiger partial charge in [0.15, 0.2) is 0 Å². The van der Waals surface area contributed by atoms with Crippen molar-refractivity contribution in [2.45, 2.75) is 49.7 Å². The maximum absolute atomic E-state index is 12.7. The second-order valence-corrected chi connectivity index (χ2v) is 7.59. The van der Waals surface area contributed by atoms with Crippen LogP contribution in [0.25, 0.3) is 0 Å². The Bertz CT molecular complexity index is 639. The molecule has 1 aliphatic rings. The Morgan fingerprint density at radius 1 is 1.39 bits per heavy atom. The number of benzene rings is 1. The van der Waals surface area contributed by atoms with Crippen molar-refractivity contribution in [3.8, 4) is 5.75 Å². The van der Waals surface area contributed by atoms with Gasteiger partial charge in [0, 0.05) is 12.1 Å². The molecule has 1 fully saturated rings. The van der Waals surface area contributed by atoms with Gasteiger partial charge in [0.05, 0.1) is 0 Å². The van der Waals surface area contributed by atoms with Crippen molar-refractivity contribution < 1.29 is 21.9 Å². The van der Waals surface area contributed by atoms with E-state index in [0.29, 0.717) is 6.42 Å². The highest BCUT2D eigenvalue weighted by Crippen LogP contribution is 2.35. The minimum Gasteiger partial charge on any atom is -0.433 e. The molecule has 0 heterocycles. The van der Waals surface area contributed by atoms with Crippen LogP contribution in [-0.4, -0.2) is 27.1 Å². The zero-order chi connectivity index (χ0) is 17.1. The smallest absolute Gasteiger partial charge is 0.387 e. The molecule has 5 nitrogen and oxygen atoms in total. The molecule has 0 aliphatic heterocycles. The van der Waals surface area contributed by atoms with E-state index in [1.54, 1.807) is 0 Å². The lowest BCUT2D eigenvalue weighted by atomic mass is 9.74. The van der Waals surface area contributed by atoms with E-state index in [2.05, 4.69) is 9.46 Å². The van der Waals surface area contributed by atoms with Crippen LogP contribution in [-0.2, 0) is 10.0 Å². The van der Waals surface area contributed by atoms with Crippen LogP contribution in [0.15, 0.2) is 29.2 Å². The van der Waals surface area contributed by atoms with E-state index < -0.39 is 22.2 Å². The van der Waals surface area contributed by atoms with E-state index in [1.807, 2.05) is 6.92 Å². The van der Waals surface area contributed by atoms with Crippen molar-refractivity contribution in [2.75, 3.05) is 6.54 Å². The van der Waals surface area contributed by atoms with Crippen LogP contribution in [0, 0.1) is 5.92 Å². The molecule has 1 aliphatic carbocycles. The Balaban J connectivity index is 2.35. The molecule has 130 valence electrons. The molecule has 0 bridgehead atoms. The van der Waals surface area contributed by atoms with Gasteiger partial charge in [-0.1, -0.05) is 31.9 Å². The number of ether oxygens (including phenoxy) is 1. The summed E-state index contributed by atoms with van der Waals surface area (Å²) in [4.78, 5) is -0.300. The molecule has 2 atom stereocenters. The molecule has 0 radical (unpaired) electrons. The molecule has 8 heteroatoms. The second kappa shape index (κ2) is 7.11. The summed E-state index contributed by atoms with van der Waals surface area (Å²) in [5.41, 5.74) is 5.10. The summed E-state index contributed by atoms with van der Waals surface area (Å²) in [7, 11) is -4.03. The quantitative estimate of drug-likeness (QED) is 0.827. The second-order valence-electron chi connectivity index (χ2n) is 5.94. The lowest BCUT2D eigenvalue weighted by molar-refractivity contribution is -0.0517. The third kappa shape index (κ3) is 3.99. The summed E-state index contributed by atoms with van der Waals surface area (Å²) >= 11 is 0. The van der Waals surface area contributed by atoms with Gasteiger partial charge in [0.1, 0.15) is 10.6 Å². The lowest BCUT2D eigenvalue weighted by Crippen LogP contribution is -2.58. The topological polar surface area (TPSA) is 81.4 Å². The Morgan fingerprint density at radius 3 is 2.70 bits per heavy atom. The number of nitrogens with one attached hydrogen (secondary N) is 1. The number of sulfonamides is 1. The zero-order valence-corrected chi connectivity index (χ0v) is 13.8. The number of alkyl halides is 2. The van der Waals surface area contributed by atoms with Gasteiger partial charge in [-0.15, -0.1) is 0 Å². The molecule has 2 unspecified atom stereocenters. The monoisotopic (exact) mass is 348 g/mol. The van der Waals surface area contributed by atoms with Crippen LogP contribution in [0.1, 0.15) is 32.6 Å². The first kappa shape index (κ1) is 18.1. The maximum Gasteiger partial charge on any atom is 0.387 e. The van der Waals surface area contributed by atoms with Crippen molar-refractivity contribution in [1.29, 1.82) is 0 Å². The predicted molar refractivity (Wildman–Crippen MR) is 82.8 cm³/mol. The van der Waals surface area contributed by atoms with Crippen molar-refractivity contribution in [2.24, 2.45) is 11.7 Å². The van der Waals surface area contributed by atoms with Gasteiger partial charge < -0.3 is 10.5 Å². The zero-order valence-electron chi connectivity index (χ0n) is 13.0. The first-order valence-electron chi connectivity index (χ1n) is 7.58. The summed E-state index contributed by atoms with van der Waals surface area (Å²) in [6.45, 7) is -0.982. The molecular weight excluding hydrogens is 326 g/mol. The molecule has 23 heavy (non-hydrogen) atoms. The molecule has 3 N–H and O–H groups in total. The van der Waals surface area contributed by atoms with Crippen LogP contribution in [0.2, 0.25) is 0 Å². The first-order valence-corrected chi connectivity index (χ1v) is 9.07. The van der Waals surface area contributed by atoms with Gasteiger partial charge in [0.2, 0.25) is 10.0 Å². The Morgan fingerprint density at radius 2 is 2.09 bits per heavy atom. The molecule has 0 amide bonds. The standard InChI is InChI=1S/C15H22F2N2O3S/c1-11-6-4-5-9-15(11,10-18)19-23(20,21)13-8-3-2-7-12(13)22-14(16)17/h2-3,7-8,11,14,19H,4-6,9-10,18H2,1H3. The van der Waals surface area contributed by atoms with Crippen LogP contribution in [0.5, 0.6) is 5.75 Å². The maximum atomic E-state index is 12.7. The highest BCUT2D eigenvalue weighted by Gasteiger charge is 2.41. The largest absolute Gasteiger partial charge is 0.433 e. The number of hydrogen-bond acceptors (Lipinski definition) is 4. The van der Waals surface area contributed by atoms with E-state index in [0.717, 1.165) is 19.3 Å². The van der Waals surface area contributed by atoms with Crippen LogP contribution in [0.3, 0.4) is 0 Å². The van der Waals surface area contributed by atoms with Gasteiger partial charge in [0.25, 0.3) is 0 Å². The molecule has 0 saturated heterocycles. The van der Waals surface area contributed by atoms with Gasteiger partial charge in [-0.3, -0.25) is 0 Å². The van der Waals surface area contributed by atoms with Crippen LogP contribution in [0.4, 0.5) is 8.78 Å². The van der Waals surface area contributed by atoms with Crippen LogP contribution >= 0.6 is 0 Å². The first-order chi connectivity index (χ1) is 10.8. The third-order valence-corrected chi connectivity index (χ3v) is 6.10. The average molecular weight is 348 g/mol. The van der Waals surface area contributed by atoms with E-state index in [1.165, 1.54) is 24.3 Å². The Labute approximate surface area is 135 Å². The highest BCUT2D eigenvalue weighted by atomic mass is 32.2. The summed E-state index contributed by atoms with van der Waals surface area (Å²) in [6.07, 6.45) is 3.39. The van der Waals surface area contributed by atoms with E-state index in [-0.39, 0.29) is 23.1 Å². The predicted octanol–water partition coefficient (Wildman–Crippen LogP) is 2.47.